The highest BCUT2D eigenvalue weighted by Gasteiger charge is 2.24. The molecule has 1 saturated carbocycles. The number of likely N-dealkylation sites (tertiary alicyclic amines) is 1. The van der Waals surface area contributed by atoms with Crippen molar-refractivity contribution in [2.24, 2.45) is 0 Å². The fourth-order valence-electron chi connectivity index (χ4n) is 5.80. The smallest absolute Gasteiger partial charge is 0.251 e. The molecule has 0 spiro atoms. The molecule has 1 saturated heterocycles. The van der Waals surface area contributed by atoms with Crippen LogP contribution in [-0.4, -0.2) is 43.2 Å². The van der Waals surface area contributed by atoms with Crippen LogP contribution < -0.4 is 14.8 Å². The normalized spacial score (nSPS) is 21.3. The first kappa shape index (κ1) is 26.4. The monoisotopic (exact) mass is 516 g/mol. The van der Waals surface area contributed by atoms with Crippen molar-refractivity contribution < 1.29 is 18.7 Å². The standard InChI is InChI=1S/C32H40N2O4/c1-36-31-22-26(32(35)33-27-17-19-34(20-18-27)23-24-8-3-2-4-9-24)14-16-30(31)38-28-11-6-5-10-25(13-15-28)29-12-7-21-37-29/h2-4,7-9,12,14,16,21-22,25,27-28H,5-6,10-11,13,15,17-20,23H2,1H3,(H,33,35). The van der Waals surface area contributed by atoms with E-state index in [9.17, 15) is 4.79 Å². The summed E-state index contributed by atoms with van der Waals surface area (Å²) in [5.74, 6) is 2.80. The van der Waals surface area contributed by atoms with Crippen LogP contribution in [0.4, 0.5) is 0 Å². The fourth-order valence-corrected chi connectivity index (χ4v) is 5.80. The first-order chi connectivity index (χ1) is 18.7. The lowest BCUT2D eigenvalue weighted by molar-refractivity contribution is 0.0908. The zero-order valence-electron chi connectivity index (χ0n) is 22.4. The molecule has 38 heavy (non-hydrogen) atoms. The van der Waals surface area contributed by atoms with Crippen LogP contribution in [0.2, 0.25) is 0 Å². The van der Waals surface area contributed by atoms with Crippen molar-refractivity contribution >= 4 is 5.91 Å². The molecule has 6 heteroatoms. The second-order valence-corrected chi connectivity index (χ2v) is 10.7. The predicted molar refractivity (Wildman–Crippen MR) is 149 cm³/mol. The Morgan fingerprint density at radius 2 is 1.74 bits per heavy atom. The molecule has 2 aromatic carbocycles. The van der Waals surface area contributed by atoms with Crippen molar-refractivity contribution in [2.75, 3.05) is 20.2 Å². The van der Waals surface area contributed by atoms with Crippen LogP contribution in [-0.2, 0) is 6.54 Å². The number of nitrogens with zero attached hydrogens (tertiary/aromatic N) is 1. The zero-order chi connectivity index (χ0) is 26.2. The SMILES string of the molecule is COc1cc(C(=O)NC2CCN(Cc3ccccc3)CC2)ccc1OC1CCCCC(c2ccco2)CC1. The third kappa shape index (κ3) is 6.98. The average Bonchev–Trinajstić information content (AvgIpc) is 3.47. The number of furan rings is 1. The molecule has 1 aromatic heterocycles. The van der Waals surface area contributed by atoms with Crippen molar-refractivity contribution in [2.45, 2.75) is 76.0 Å². The number of carbonyl (C=O) groups excluding carboxylic acids is 1. The molecule has 2 heterocycles. The highest BCUT2D eigenvalue weighted by molar-refractivity contribution is 5.95. The van der Waals surface area contributed by atoms with Gasteiger partial charge in [-0.05, 0) is 80.8 Å². The first-order valence-corrected chi connectivity index (χ1v) is 14.1. The lowest BCUT2D eigenvalue weighted by atomic mass is 9.88. The minimum atomic E-state index is -0.0522. The number of ether oxygens (including phenoxy) is 2. The van der Waals surface area contributed by atoms with Crippen LogP contribution in [0.15, 0.2) is 71.3 Å². The van der Waals surface area contributed by atoms with Crippen LogP contribution in [0.25, 0.3) is 0 Å². The molecule has 0 radical (unpaired) electrons. The number of carbonyl (C=O) groups is 1. The van der Waals surface area contributed by atoms with E-state index in [2.05, 4.69) is 46.6 Å². The minimum Gasteiger partial charge on any atom is -0.493 e. The van der Waals surface area contributed by atoms with Crippen molar-refractivity contribution in [1.82, 2.24) is 10.2 Å². The third-order valence-electron chi connectivity index (χ3n) is 8.00. The van der Waals surface area contributed by atoms with E-state index in [1.165, 1.54) is 18.4 Å². The van der Waals surface area contributed by atoms with Crippen LogP contribution >= 0.6 is 0 Å². The van der Waals surface area contributed by atoms with Gasteiger partial charge in [0, 0.05) is 37.2 Å². The summed E-state index contributed by atoms with van der Waals surface area (Å²) in [5, 5.41) is 3.23. The summed E-state index contributed by atoms with van der Waals surface area (Å²) in [7, 11) is 1.64. The molecule has 1 N–H and O–H groups in total. The van der Waals surface area contributed by atoms with E-state index in [4.69, 9.17) is 13.9 Å². The minimum absolute atomic E-state index is 0.0522. The van der Waals surface area contributed by atoms with E-state index in [0.29, 0.717) is 23.0 Å². The molecule has 1 aliphatic heterocycles. The number of nitrogens with one attached hydrogen (secondary N) is 1. The van der Waals surface area contributed by atoms with Gasteiger partial charge in [0.25, 0.3) is 5.91 Å². The van der Waals surface area contributed by atoms with Gasteiger partial charge in [-0.1, -0.05) is 36.8 Å². The van der Waals surface area contributed by atoms with Gasteiger partial charge in [-0.15, -0.1) is 0 Å². The number of hydrogen-bond acceptors (Lipinski definition) is 5. The van der Waals surface area contributed by atoms with Crippen LogP contribution in [0.1, 0.15) is 79.0 Å². The fraction of sp³-hybridized carbons (Fsp3) is 0.469. The van der Waals surface area contributed by atoms with Crippen molar-refractivity contribution in [3.05, 3.63) is 83.8 Å². The molecule has 2 atom stereocenters. The Bertz CT molecular complexity index is 1140. The molecule has 3 aromatic rings. The predicted octanol–water partition coefficient (Wildman–Crippen LogP) is 6.57. The highest BCUT2D eigenvalue weighted by Crippen LogP contribution is 2.35. The van der Waals surface area contributed by atoms with Gasteiger partial charge in [-0.2, -0.15) is 0 Å². The molecule has 2 fully saturated rings. The number of rotatable bonds is 8. The zero-order valence-corrected chi connectivity index (χ0v) is 22.4. The molecule has 1 amide bonds. The highest BCUT2D eigenvalue weighted by atomic mass is 16.5. The molecular weight excluding hydrogens is 476 g/mol. The molecule has 5 rings (SSSR count). The quantitative estimate of drug-likeness (QED) is 0.367. The molecule has 202 valence electrons. The molecule has 1 aliphatic carbocycles. The van der Waals surface area contributed by atoms with Crippen LogP contribution in [0, 0.1) is 0 Å². The maximum absolute atomic E-state index is 13.1. The number of piperidine rings is 1. The number of methoxy groups -OCH3 is 1. The molecule has 6 nitrogen and oxygen atoms in total. The van der Waals surface area contributed by atoms with Crippen molar-refractivity contribution in [3.63, 3.8) is 0 Å². The topological polar surface area (TPSA) is 63.9 Å². The second kappa shape index (κ2) is 13.0. The second-order valence-electron chi connectivity index (χ2n) is 10.7. The lowest BCUT2D eigenvalue weighted by Crippen LogP contribution is -2.44. The Kier molecular flexibility index (Phi) is 9.02. The summed E-state index contributed by atoms with van der Waals surface area (Å²) in [6, 6.07) is 20.4. The van der Waals surface area contributed by atoms with Gasteiger partial charge in [0.05, 0.1) is 19.5 Å². The summed E-state index contributed by atoms with van der Waals surface area (Å²) < 4.78 is 17.8. The van der Waals surface area contributed by atoms with Crippen molar-refractivity contribution in [1.29, 1.82) is 0 Å². The van der Waals surface area contributed by atoms with Gasteiger partial charge in [0.15, 0.2) is 11.5 Å². The van der Waals surface area contributed by atoms with Gasteiger partial charge in [0.2, 0.25) is 0 Å². The number of amides is 1. The maximum atomic E-state index is 13.1. The Balaban J connectivity index is 1.13. The largest absolute Gasteiger partial charge is 0.493 e. The summed E-state index contributed by atoms with van der Waals surface area (Å²) in [4.78, 5) is 15.5. The van der Waals surface area contributed by atoms with E-state index in [0.717, 1.165) is 63.9 Å². The maximum Gasteiger partial charge on any atom is 0.251 e. The van der Waals surface area contributed by atoms with Gasteiger partial charge in [-0.3, -0.25) is 9.69 Å². The molecule has 2 unspecified atom stereocenters. The Hall–Kier alpha value is -3.25. The van der Waals surface area contributed by atoms with Gasteiger partial charge in [0.1, 0.15) is 5.76 Å². The van der Waals surface area contributed by atoms with Crippen molar-refractivity contribution in [3.8, 4) is 11.5 Å². The Labute approximate surface area is 226 Å². The average molecular weight is 517 g/mol. The van der Waals surface area contributed by atoms with E-state index in [1.54, 1.807) is 13.4 Å². The van der Waals surface area contributed by atoms with Crippen LogP contribution in [0.5, 0.6) is 11.5 Å². The van der Waals surface area contributed by atoms with E-state index >= 15 is 0 Å². The van der Waals surface area contributed by atoms with E-state index < -0.39 is 0 Å². The van der Waals surface area contributed by atoms with Gasteiger partial charge in [-0.25, -0.2) is 0 Å². The molecule has 0 bridgehead atoms. The van der Waals surface area contributed by atoms with Gasteiger partial charge >= 0.3 is 0 Å². The molecular formula is C32H40N2O4. The summed E-state index contributed by atoms with van der Waals surface area (Å²) >= 11 is 0. The Morgan fingerprint density at radius 1 is 0.921 bits per heavy atom. The Morgan fingerprint density at radius 3 is 2.50 bits per heavy atom. The molecule has 2 aliphatic rings. The number of benzene rings is 2. The number of hydrogen-bond donors (Lipinski definition) is 1. The van der Waals surface area contributed by atoms with E-state index in [-0.39, 0.29) is 18.1 Å². The van der Waals surface area contributed by atoms with Gasteiger partial charge < -0.3 is 19.2 Å². The summed E-state index contributed by atoms with van der Waals surface area (Å²) in [6.07, 6.45) is 10.3. The summed E-state index contributed by atoms with van der Waals surface area (Å²) in [6.45, 7) is 2.93. The third-order valence-corrected chi connectivity index (χ3v) is 8.00. The lowest BCUT2D eigenvalue weighted by Gasteiger charge is -2.32. The first-order valence-electron chi connectivity index (χ1n) is 14.1. The van der Waals surface area contributed by atoms with Crippen LogP contribution in [0.3, 0.4) is 0 Å². The van der Waals surface area contributed by atoms with E-state index in [1.807, 2.05) is 24.3 Å². The summed E-state index contributed by atoms with van der Waals surface area (Å²) in [5.41, 5.74) is 1.94.